The van der Waals surface area contributed by atoms with E-state index in [2.05, 4.69) is 5.32 Å². The third-order valence-electron chi connectivity index (χ3n) is 4.66. The molecular formula is C17H15ClN2O3. The molecule has 118 valence electrons. The monoisotopic (exact) mass is 330 g/mol. The van der Waals surface area contributed by atoms with Gasteiger partial charge in [0.1, 0.15) is 0 Å². The van der Waals surface area contributed by atoms with E-state index in [1.165, 1.54) is 0 Å². The second-order valence-electron chi connectivity index (χ2n) is 5.95. The van der Waals surface area contributed by atoms with Gasteiger partial charge in [0.2, 0.25) is 0 Å². The number of nitro benzene ring substituents is 1. The van der Waals surface area contributed by atoms with Crippen LogP contribution in [0.25, 0.3) is 0 Å². The molecule has 2 heterocycles. The number of hydrogen-bond acceptors (Lipinski definition) is 4. The normalized spacial score (nSPS) is 25.3. The molecule has 23 heavy (non-hydrogen) atoms. The summed E-state index contributed by atoms with van der Waals surface area (Å²) in [6, 6.07) is 12.6. The summed E-state index contributed by atoms with van der Waals surface area (Å²) >= 11 is 6.12. The van der Waals surface area contributed by atoms with Crippen LogP contribution in [0.2, 0.25) is 5.02 Å². The minimum atomic E-state index is -0.378. The summed E-state index contributed by atoms with van der Waals surface area (Å²) in [5.41, 5.74) is 3.26. The van der Waals surface area contributed by atoms with Crippen molar-refractivity contribution in [2.45, 2.75) is 18.6 Å². The van der Waals surface area contributed by atoms with Crippen molar-refractivity contribution in [3.63, 3.8) is 0 Å². The van der Waals surface area contributed by atoms with Crippen LogP contribution in [0.3, 0.4) is 0 Å². The van der Waals surface area contributed by atoms with E-state index in [1.807, 2.05) is 30.3 Å². The van der Waals surface area contributed by atoms with E-state index >= 15 is 0 Å². The van der Waals surface area contributed by atoms with Crippen LogP contribution in [0.4, 0.5) is 11.4 Å². The van der Waals surface area contributed by atoms with Crippen molar-refractivity contribution in [3.05, 3.63) is 68.7 Å². The molecular weight excluding hydrogens is 316 g/mol. The molecule has 0 spiro atoms. The molecule has 1 fully saturated rings. The lowest BCUT2D eigenvalue weighted by atomic mass is 9.81. The minimum Gasteiger partial charge on any atom is -0.378 e. The van der Waals surface area contributed by atoms with Crippen LogP contribution >= 0.6 is 11.6 Å². The van der Waals surface area contributed by atoms with Gasteiger partial charge in [-0.25, -0.2) is 0 Å². The fourth-order valence-corrected chi connectivity index (χ4v) is 3.76. The Morgan fingerprint density at radius 1 is 1.22 bits per heavy atom. The summed E-state index contributed by atoms with van der Waals surface area (Å²) in [4.78, 5) is 10.4. The Hall–Kier alpha value is -2.11. The molecule has 0 radical (unpaired) electrons. The number of ether oxygens (including phenoxy) is 1. The smallest absolute Gasteiger partial charge is 0.269 e. The number of nitro groups is 1. The highest BCUT2D eigenvalue weighted by Crippen LogP contribution is 2.50. The van der Waals surface area contributed by atoms with Crippen molar-refractivity contribution in [2.75, 3.05) is 11.9 Å². The molecule has 4 rings (SSSR count). The Kier molecular flexibility index (Phi) is 3.47. The van der Waals surface area contributed by atoms with Crippen LogP contribution in [0, 0.1) is 16.0 Å². The molecule has 1 saturated heterocycles. The van der Waals surface area contributed by atoms with Crippen molar-refractivity contribution < 1.29 is 9.66 Å². The quantitative estimate of drug-likeness (QED) is 0.650. The van der Waals surface area contributed by atoms with E-state index in [4.69, 9.17) is 16.3 Å². The maximum Gasteiger partial charge on any atom is 0.269 e. The van der Waals surface area contributed by atoms with Gasteiger partial charge < -0.3 is 10.1 Å². The van der Waals surface area contributed by atoms with E-state index in [-0.39, 0.29) is 22.8 Å². The van der Waals surface area contributed by atoms with Crippen LogP contribution in [-0.4, -0.2) is 11.5 Å². The molecule has 0 aliphatic carbocycles. The number of hydrogen-bond donors (Lipinski definition) is 1. The molecule has 3 atom stereocenters. The SMILES string of the molecule is O=[N+]([O-])c1ccc([C@@H]2Nc3ccc(Cl)cc3[C@@H]3OCC[C@H]23)cc1. The third-order valence-corrected chi connectivity index (χ3v) is 4.89. The molecule has 0 saturated carbocycles. The van der Waals surface area contributed by atoms with Gasteiger partial charge in [-0.2, -0.15) is 0 Å². The Balaban J connectivity index is 1.72. The first-order valence-corrected chi connectivity index (χ1v) is 7.93. The first-order valence-electron chi connectivity index (χ1n) is 7.55. The zero-order valence-corrected chi connectivity index (χ0v) is 13.0. The molecule has 0 bridgehead atoms. The molecule has 2 aliphatic rings. The van der Waals surface area contributed by atoms with Crippen LogP contribution in [0.15, 0.2) is 42.5 Å². The fraction of sp³-hybridized carbons (Fsp3) is 0.294. The second kappa shape index (κ2) is 5.51. The number of nitrogens with zero attached hydrogens (tertiary/aromatic N) is 1. The Bertz CT molecular complexity index is 763. The van der Waals surface area contributed by atoms with Gasteiger partial charge in [-0.15, -0.1) is 0 Å². The van der Waals surface area contributed by atoms with E-state index in [0.717, 1.165) is 23.2 Å². The van der Waals surface area contributed by atoms with Crippen molar-refractivity contribution in [2.24, 2.45) is 5.92 Å². The topological polar surface area (TPSA) is 64.4 Å². The fourth-order valence-electron chi connectivity index (χ4n) is 3.58. The maximum absolute atomic E-state index is 10.8. The van der Waals surface area contributed by atoms with Gasteiger partial charge in [0, 0.05) is 40.9 Å². The van der Waals surface area contributed by atoms with Gasteiger partial charge >= 0.3 is 0 Å². The predicted octanol–water partition coefficient (Wildman–Crippen LogP) is 4.49. The summed E-state index contributed by atoms with van der Waals surface area (Å²) < 4.78 is 5.95. The van der Waals surface area contributed by atoms with Gasteiger partial charge in [0.15, 0.2) is 0 Å². The van der Waals surface area contributed by atoms with E-state index in [0.29, 0.717) is 17.5 Å². The number of non-ortho nitro benzene ring substituents is 1. The van der Waals surface area contributed by atoms with E-state index in [1.54, 1.807) is 12.1 Å². The Morgan fingerprint density at radius 3 is 2.74 bits per heavy atom. The third kappa shape index (κ3) is 2.46. The predicted molar refractivity (Wildman–Crippen MR) is 87.7 cm³/mol. The number of benzene rings is 2. The van der Waals surface area contributed by atoms with Crippen molar-refractivity contribution >= 4 is 23.0 Å². The zero-order chi connectivity index (χ0) is 16.0. The van der Waals surface area contributed by atoms with Crippen molar-refractivity contribution in [3.8, 4) is 0 Å². The standard InChI is InChI=1S/C17H15ClN2O3/c18-11-3-6-15-14(9-11)17-13(7-8-23-17)16(19-15)10-1-4-12(5-2-10)20(21)22/h1-6,9,13,16-17,19H,7-8H2/t13-,16+,17-/m1/s1. The van der Waals surface area contributed by atoms with Gasteiger partial charge in [-0.05, 0) is 30.2 Å². The van der Waals surface area contributed by atoms with Crippen LogP contribution in [0.5, 0.6) is 0 Å². The molecule has 2 aromatic rings. The first kappa shape index (κ1) is 14.5. The highest BCUT2D eigenvalue weighted by Gasteiger charge is 2.41. The lowest BCUT2D eigenvalue weighted by Gasteiger charge is -2.36. The molecule has 0 unspecified atom stereocenters. The molecule has 0 amide bonds. The summed E-state index contributed by atoms with van der Waals surface area (Å²) in [5, 5.41) is 15.1. The average Bonchev–Trinajstić information content (AvgIpc) is 3.04. The van der Waals surface area contributed by atoms with Crippen molar-refractivity contribution in [1.29, 1.82) is 0 Å². The van der Waals surface area contributed by atoms with Gasteiger partial charge in [0.05, 0.1) is 17.1 Å². The lowest BCUT2D eigenvalue weighted by Crippen LogP contribution is -2.29. The molecule has 6 heteroatoms. The Morgan fingerprint density at radius 2 is 2.00 bits per heavy atom. The molecule has 2 aromatic carbocycles. The number of nitrogens with one attached hydrogen (secondary N) is 1. The number of halogens is 1. The van der Waals surface area contributed by atoms with Gasteiger partial charge in [0.25, 0.3) is 5.69 Å². The number of rotatable bonds is 2. The molecule has 2 aliphatic heterocycles. The van der Waals surface area contributed by atoms with Crippen LogP contribution in [0.1, 0.15) is 29.7 Å². The summed E-state index contributed by atoms with van der Waals surface area (Å²) in [6.07, 6.45) is 0.968. The van der Waals surface area contributed by atoms with Crippen LogP contribution in [-0.2, 0) is 4.74 Å². The summed E-state index contributed by atoms with van der Waals surface area (Å²) in [7, 11) is 0. The maximum atomic E-state index is 10.8. The minimum absolute atomic E-state index is 0.0186. The van der Waals surface area contributed by atoms with E-state index < -0.39 is 0 Å². The largest absolute Gasteiger partial charge is 0.378 e. The number of anilines is 1. The Labute approximate surface area is 138 Å². The van der Waals surface area contributed by atoms with Crippen molar-refractivity contribution in [1.82, 2.24) is 0 Å². The highest BCUT2D eigenvalue weighted by atomic mass is 35.5. The number of fused-ring (bicyclic) bond motifs is 3. The van der Waals surface area contributed by atoms with Crippen LogP contribution < -0.4 is 5.32 Å². The molecule has 1 N–H and O–H groups in total. The van der Waals surface area contributed by atoms with Gasteiger partial charge in [-0.1, -0.05) is 23.7 Å². The average molecular weight is 331 g/mol. The first-order chi connectivity index (χ1) is 11.1. The summed E-state index contributed by atoms with van der Waals surface area (Å²) in [5.74, 6) is 0.294. The molecule has 5 nitrogen and oxygen atoms in total. The second-order valence-corrected chi connectivity index (χ2v) is 6.38. The van der Waals surface area contributed by atoms with Gasteiger partial charge in [-0.3, -0.25) is 10.1 Å². The van der Waals surface area contributed by atoms with E-state index in [9.17, 15) is 10.1 Å². The zero-order valence-electron chi connectivity index (χ0n) is 12.2. The molecule has 0 aromatic heterocycles. The summed E-state index contributed by atoms with van der Waals surface area (Å²) in [6.45, 7) is 0.715. The lowest BCUT2D eigenvalue weighted by molar-refractivity contribution is -0.384. The highest BCUT2D eigenvalue weighted by molar-refractivity contribution is 6.30.